The molecule has 0 saturated carbocycles. The van der Waals surface area contributed by atoms with Crippen LogP contribution in [0.1, 0.15) is 21.5 Å². The number of ether oxygens (including phenoxy) is 2. The van der Waals surface area contributed by atoms with E-state index in [1.807, 2.05) is 0 Å². The van der Waals surface area contributed by atoms with Crippen molar-refractivity contribution in [2.75, 3.05) is 13.7 Å². The van der Waals surface area contributed by atoms with Crippen molar-refractivity contribution in [3.05, 3.63) is 59.2 Å². The van der Waals surface area contributed by atoms with Gasteiger partial charge >= 0.3 is 6.18 Å². The largest absolute Gasteiger partial charge is 0.493 e. The van der Waals surface area contributed by atoms with Gasteiger partial charge in [-0.1, -0.05) is 6.07 Å². The standard InChI is InChI=1S/C18H16F3N3O4/c1-27-15-7-11(5-6-14(15)28-10-16(22)25)9-23-24-17(26)12-3-2-4-13(8-12)18(19,20)21/h2-9H,10H2,1H3,(H2,22,25)(H,24,26)/b23-9-. The maximum absolute atomic E-state index is 12.7. The number of nitrogens with zero attached hydrogens (tertiary/aromatic N) is 1. The van der Waals surface area contributed by atoms with Gasteiger partial charge in [-0.05, 0) is 42.0 Å². The third-order valence-corrected chi connectivity index (χ3v) is 3.39. The van der Waals surface area contributed by atoms with E-state index in [1.165, 1.54) is 31.5 Å². The predicted octanol–water partition coefficient (Wildman–Crippen LogP) is 2.34. The molecule has 0 aliphatic heterocycles. The molecule has 2 aromatic carbocycles. The molecule has 0 bridgehead atoms. The average molecular weight is 395 g/mol. The lowest BCUT2D eigenvalue weighted by Crippen LogP contribution is -2.20. The number of alkyl halides is 3. The van der Waals surface area contributed by atoms with Gasteiger partial charge in [-0.2, -0.15) is 18.3 Å². The minimum absolute atomic E-state index is 0.181. The summed E-state index contributed by atoms with van der Waals surface area (Å²) in [5.74, 6) is -0.860. The first kappa shape index (κ1) is 20.7. The summed E-state index contributed by atoms with van der Waals surface area (Å²) in [6.07, 6.45) is -3.28. The Morgan fingerprint density at radius 1 is 1.18 bits per heavy atom. The van der Waals surface area contributed by atoms with E-state index in [4.69, 9.17) is 15.2 Å². The molecular formula is C18H16F3N3O4. The summed E-state index contributed by atoms with van der Waals surface area (Å²) in [5, 5.41) is 3.71. The number of rotatable bonds is 7. The zero-order valence-electron chi connectivity index (χ0n) is 14.6. The monoisotopic (exact) mass is 395 g/mol. The maximum atomic E-state index is 12.7. The van der Waals surface area contributed by atoms with Crippen LogP contribution in [-0.2, 0) is 11.0 Å². The van der Waals surface area contributed by atoms with Crippen LogP contribution < -0.4 is 20.6 Å². The summed E-state index contributed by atoms with van der Waals surface area (Å²) in [7, 11) is 1.39. The van der Waals surface area contributed by atoms with Crippen LogP contribution in [0.2, 0.25) is 0 Å². The van der Waals surface area contributed by atoms with E-state index in [2.05, 4.69) is 10.5 Å². The molecule has 0 atom stereocenters. The van der Waals surface area contributed by atoms with Gasteiger partial charge < -0.3 is 15.2 Å². The summed E-state index contributed by atoms with van der Waals surface area (Å²) >= 11 is 0. The molecule has 0 heterocycles. The lowest BCUT2D eigenvalue weighted by molar-refractivity contribution is -0.137. The molecular weight excluding hydrogens is 379 g/mol. The Morgan fingerprint density at radius 2 is 1.93 bits per heavy atom. The van der Waals surface area contributed by atoms with Gasteiger partial charge in [-0.3, -0.25) is 9.59 Å². The Kier molecular flexibility index (Phi) is 6.59. The van der Waals surface area contributed by atoms with Crippen molar-refractivity contribution in [1.82, 2.24) is 5.43 Å². The van der Waals surface area contributed by atoms with Crippen molar-refractivity contribution in [1.29, 1.82) is 0 Å². The Bertz CT molecular complexity index is 898. The topological polar surface area (TPSA) is 103 Å². The molecule has 7 nitrogen and oxygen atoms in total. The van der Waals surface area contributed by atoms with Crippen LogP contribution in [0.25, 0.3) is 0 Å². The van der Waals surface area contributed by atoms with Gasteiger partial charge in [-0.15, -0.1) is 0 Å². The summed E-state index contributed by atoms with van der Waals surface area (Å²) in [6, 6.07) is 8.59. The number of halogens is 3. The molecule has 28 heavy (non-hydrogen) atoms. The number of primary amides is 1. The molecule has 2 aromatic rings. The number of carbonyl (C=O) groups excluding carboxylic acids is 2. The zero-order chi connectivity index (χ0) is 20.7. The first-order valence-corrected chi connectivity index (χ1v) is 7.80. The fraction of sp³-hybridized carbons (Fsp3) is 0.167. The number of hydrogen-bond donors (Lipinski definition) is 2. The molecule has 3 N–H and O–H groups in total. The highest BCUT2D eigenvalue weighted by molar-refractivity contribution is 5.95. The van der Waals surface area contributed by atoms with E-state index in [0.29, 0.717) is 11.3 Å². The smallest absolute Gasteiger partial charge is 0.416 e. The number of nitrogens with one attached hydrogen (secondary N) is 1. The molecule has 0 aliphatic rings. The van der Waals surface area contributed by atoms with E-state index in [1.54, 1.807) is 6.07 Å². The molecule has 0 saturated heterocycles. The third-order valence-electron chi connectivity index (χ3n) is 3.39. The Labute approximate surface area is 157 Å². The van der Waals surface area contributed by atoms with Gasteiger partial charge in [0.25, 0.3) is 11.8 Å². The van der Waals surface area contributed by atoms with Crippen molar-refractivity contribution >= 4 is 18.0 Å². The Hall–Kier alpha value is -3.56. The minimum Gasteiger partial charge on any atom is -0.493 e. The summed E-state index contributed by atoms with van der Waals surface area (Å²) in [6.45, 7) is -0.323. The number of benzene rings is 2. The lowest BCUT2D eigenvalue weighted by Gasteiger charge is -2.10. The van der Waals surface area contributed by atoms with E-state index >= 15 is 0 Å². The summed E-state index contributed by atoms with van der Waals surface area (Å²) in [5.41, 5.74) is 6.55. The highest BCUT2D eigenvalue weighted by atomic mass is 19.4. The van der Waals surface area contributed by atoms with Crippen molar-refractivity contribution in [3.8, 4) is 11.5 Å². The fourth-order valence-corrected chi connectivity index (χ4v) is 2.10. The third kappa shape index (κ3) is 5.73. The lowest BCUT2D eigenvalue weighted by atomic mass is 10.1. The normalized spacial score (nSPS) is 11.3. The van der Waals surface area contributed by atoms with E-state index < -0.39 is 23.6 Å². The van der Waals surface area contributed by atoms with E-state index in [0.717, 1.165) is 18.2 Å². The van der Waals surface area contributed by atoms with Gasteiger partial charge in [0.15, 0.2) is 18.1 Å². The highest BCUT2D eigenvalue weighted by Crippen LogP contribution is 2.29. The zero-order valence-corrected chi connectivity index (χ0v) is 14.6. The fourth-order valence-electron chi connectivity index (χ4n) is 2.10. The van der Waals surface area contributed by atoms with Crippen molar-refractivity contribution in [3.63, 3.8) is 0 Å². The second-order valence-electron chi connectivity index (χ2n) is 5.44. The molecule has 0 aromatic heterocycles. The van der Waals surface area contributed by atoms with Crippen LogP contribution in [-0.4, -0.2) is 31.7 Å². The molecule has 0 spiro atoms. The number of hydrogen-bond acceptors (Lipinski definition) is 5. The Balaban J connectivity index is 2.06. The second-order valence-corrected chi connectivity index (χ2v) is 5.44. The number of carbonyl (C=O) groups is 2. The minimum atomic E-state index is -4.55. The van der Waals surface area contributed by atoms with E-state index in [9.17, 15) is 22.8 Å². The highest BCUT2D eigenvalue weighted by Gasteiger charge is 2.30. The van der Waals surface area contributed by atoms with Crippen molar-refractivity contribution in [2.24, 2.45) is 10.8 Å². The quantitative estimate of drug-likeness (QED) is 0.555. The number of hydrazone groups is 1. The van der Waals surface area contributed by atoms with Gasteiger partial charge in [0.1, 0.15) is 0 Å². The van der Waals surface area contributed by atoms with E-state index in [-0.39, 0.29) is 17.9 Å². The van der Waals surface area contributed by atoms with Crippen LogP contribution in [0.15, 0.2) is 47.6 Å². The molecule has 148 valence electrons. The number of nitrogens with two attached hydrogens (primary N) is 1. The van der Waals surface area contributed by atoms with Crippen LogP contribution in [0.5, 0.6) is 11.5 Å². The number of methoxy groups -OCH3 is 1. The van der Waals surface area contributed by atoms with Gasteiger partial charge in [0.05, 0.1) is 18.9 Å². The van der Waals surface area contributed by atoms with Crippen LogP contribution in [0, 0.1) is 0 Å². The van der Waals surface area contributed by atoms with Gasteiger partial charge in [0, 0.05) is 5.56 Å². The second kappa shape index (κ2) is 8.89. The SMILES string of the molecule is COc1cc(/C=N\NC(=O)c2cccc(C(F)(F)F)c2)ccc1OCC(N)=O. The molecule has 2 rings (SSSR count). The molecule has 0 aliphatic carbocycles. The van der Waals surface area contributed by atoms with Crippen LogP contribution in [0.3, 0.4) is 0 Å². The van der Waals surface area contributed by atoms with Crippen LogP contribution >= 0.6 is 0 Å². The molecule has 0 fully saturated rings. The Morgan fingerprint density at radius 3 is 2.57 bits per heavy atom. The summed E-state index contributed by atoms with van der Waals surface area (Å²) < 4.78 is 48.4. The van der Waals surface area contributed by atoms with Gasteiger partial charge in [0.2, 0.25) is 0 Å². The molecule has 2 amide bonds. The maximum Gasteiger partial charge on any atom is 0.416 e. The molecule has 0 unspecified atom stereocenters. The molecule has 10 heteroatoms. The summed E-state index contributed by atoms with van der Waals surface area (Å²) in [4.78, 5) is 22.7. The van der Waals surface area contributed by atoms with Crippen molar-refractivity contribution in [2.45, 2.75) is 6.18 Å². The van der Waals surface area contributed by atoms with Crippen molar-refractivity contribution < 1.29 is 32.2 Å². The van der Waals surface area contributed by atoms with Gasteiger partial charge in [-0.25, -0.2) is 5.43 Å². The predicted molar refractivity (Wildman–Crippen MR) is 94.2 cm³/mol. The molecule has 0 radical (unpaired) electrons. The first-order chi connectivity index (χ1) is 13.2. The first-order valence-electron chi connectivity index (χ1n) is 7.80. The van der Waals surface area contributed by atoms with Crippen LogP contribution in [0.4, 0.5) is 13.2 Å². The average Bonchev–Trinajstić information content (AvgIpc) is 2.66. The number of amides is 2.